The van der Waals surface area contributed by atoms with Crippen LogP contribution in [0.25, 0.3) is 0 Å². The molecule has 0 radical (unpaired) electrons. The lowest BCUT2D eigenvalue weighted by atomic mass is 9.92. The van der Waals surface area contributed by atoms with Gasteiger partial charge in [-0.15, -0.1) is 0 Å². The summed E-state index contributed by atoms with van der Waals surface area (Å²) in [6.45, 7) is 10.1. The van der Waals surface area contributed by atoms with Gasteiger partial charge in [-0.25, -0.2) is 4.79 Å². The molecule has 3 amide bonds. The van der Waals surface area contributed by atoms with Crippen LogP contribution in [0, 0.1) is 0 Å². The van der Waals surface area contributed by atoms with E-state index >= 15 is 0 Å². The molecule has 2 atom stereocenters. The third-order valence-corrected chi connectivity index (χ3v) is 5.62. The minimum absolute atomic E-state index is 0.0646. The highest BCUT2D eigenvalue weighted by atomic mass is 32.1. The molecule has 2 unspecified atom stereocenters. The number of phenols is 1. The molecule has 1 aromatic carbocycles. The molecule has 0 aliphatic heterocycles. The lowest BCUT2D eigenvalue weighted by molar-refractivity contribution is -0.149. The van der Waals surface area contributed by atoms with E-state index in [9.17, 15) is 24.3 Å². The number of hydrogen-bond donors (Lipinski definition) is 4. The number of ether oxygens (including phenoxy) is 2. The number of nitrogens with zero attached hydrogens (tertiary/aromatic N) is 1. The molecule has 3 N–H and O–H groups in total. The topological polar surface area (TPSA) is 134 Å². The highest BCUT2D eigenvalue weighted by Crippen LogP contribution is 2.33. The number of amides is 3. The van der Waals surface area contributed by atoms with Gasteiger partial charge in [-0.05, 0) is 58.7 Å². The highest BCUT2D eigenvalue weighted by Gasteiger charge is 2.43. The first kappa shape index (κ1) is 30.1. The maximum absolute atomic E-state index is 13.9. The van der Waals surface area contributed by atoms with Crippen LogP contribution >= 0.6 is 12.6 Å². The van der Waals surface area contributed by atoms with E-state index in [1.54, 1.807) is 46.8 Å². The third kappa shape index (κ3) is 8.97. The minimum atomic E-state index is -1.24. The molecular formula is C24H37N3O7S. The van der Waals surface area contributed by atoms with Crippen molar-refractivity contribution in [2.45, 2.75) is 71.2 Å². The van der Waals surface area contributed by atoms with Crippen molar-refractivity contribution >= 4 is 36.5 Å². The van der Waals surface area contributed by atoms with E-state index in [1.807, 2.05) is 6.92 Å². The average molecular weight is 512 g/mol. The normalized spacial score (nSPS) is 13.3. The maximum atomic E-state index is 13.9. The lowest BCUT2D eigenvalue weighted by Gasteiger charge is -2.44. The van der Waals surface area contributed by atoms with Crippen LogP contribution in [0.1, 0.15) is 59.6 Å². The summed E-state index contributed by atoms with van der Waals surface area (Å²) in [5.41, 5.74) is -1.35. The van der Waals surface area contributed by atoms with E-state index in [0.717, 1.165) is 0 Å². The van der Waals surface area contributed by atoms with Crippen molar-refractivity contribution in [3.63, 3.8) is 0 Å². The van der Waals surface area contributed by atoms with Crippen molar-refractivity contribution in [1.82, 2.24) is 15.5 Å². The summed E-state index contributed by atoms with van der Waals surface area (Å²) < 4.78 is 9.87. The van der Waals surface area contributed by atoms with Gasteiger partial charge in [-0.3, -0.25) is 14.4 Å². The third-order valence-electron chi connectivity index (χ3n) is 5.25. The van der Waals surface area contributed by atoms with Crippen LogP contribution in [0.15, 0.2) is 24.3 Å². The maximum Gasteiger partial charge on any atom is 0.408 e. The largest absolute Gasteiger partial charge is 0.508 e. The Morgan fingerprint density at radius 3 is 2.26 bits per heavy atom. The van der Waals surface area contributed by atoms with E-state index < -0.39 is 53.6 Å². The fraction of sp³-hybridized carbons (Fsp3) is 0.583. The SMILES string of the molecule is CCC(C)(C)N(C(=O)C(CS)NC(=O)OC(C)(C)C)C(C(=O)NCC(=O)OC)c1cccc(O)c1. The van der Waals surface area contributed by atoms with E-state index in [4.69, 9.17) is 4.74 Å². The molecule has 10 nitrogen and oxygen atoms in total. The van der Waals surface area contributed by atoms with Crippen LogP contribution in [-0.4, -0.2) is 70.5 Å². The van der Waals surface area contributed by atoms with Crippen molar-refractivity contribution < 1.29 is 33.8 Å². The summed E-state index contributed by atoms with van der Waals surface area (Å²) in [6, 6.07) is 3.58. The molecule has 0 saturated heterocycles. The van der Waals surface area contributed by atoms with Crippen molar-refractivity contribution in [2.75, 3.05) is 19.4 Å². The quantitative estimate of drug-likeness (QED) is 0.280. The number of benzene rings is 1. The first-order chi connectivity index (χ1) is 16.2. The fourth-order valence-electron chi connectivity index (χ4n) is 3.19. The van der Waals surface area contributed by atoms with Gasteiger partial charge in [0.25, 0.3) is 0 Å². The summed E-state index contributed by atoms with van der Waals surface area (Å²) in [7, 11) is 1.19. The summed E-state index contributed by atoms with van der Waals surface area (Å²) in [6.07, 6.45) is -0.354. The molecule has 1 aromatic rings. The van der Waals surface area contributed by atoms with Gasteiger partial charge in [0, 0.05) is 11.3 Å². The lowest BCUT2D eigenvalue weighted by Crippen LogP contribution is -2.60. The van der Waals surface area contributed by atoms with E-state index in [0.29, 0.717) is 12.0 Å². The summed E-state index contributed by atoms with van der Waals surface area (Å²) >= 11 is 4.25. The molecule has 0 heterocycles. The molecule has 0 aliphatic carbocycles. The van der Waals surface area contributed by atoms with Crippen LogP contribution in [0.5, 0.6) is 5.75 Å². The Balaban J connectivity index is 3.52. The minimum Gasteiger partial charge on any atom is -0.508 e. The second-order valence-electron chi connectivity index (χ2n) is 9.55. The molecule has 0 spiro atoms. The number of nitrogens with one attached hydrogen (secondary N) is 2. The predicted octanol–water partition coefficient (Wildman–Crippen LogP) is 2.56. The van der Waals surface area contributed by atoms with Crippen molar-refractivity contribution in [3.05, 3.63) is 29.8 Å². The second-order valence-corrected chi connectivity index (χ2v) is 9.91. The van der Waals surface area contributed by atoms with Gasteiger partial charge < -0.3 is 30.1 Å². The zero-order valence-corrected chi connectivity index (χ0v) is 22.3. The summed E-state index contributed by atoms with van der Waals surface area (Å²) in [5, 5.41) is 15.1. The predicted molar refractivity (Wildman–Crippen MR) is 134 cm³/mol. The molecule has 0 saturated carbocycles. The second kappa shape index (κ2) is 12.7. The van der Waals surface area contributed by atoms with Gasteiger partial charge in [0.1, 0.15) is 30.0 Å². The number of carbonyl (C=O) groups is 4. The highest BCUT2D eigenvalue weighted by molar-refractivity contribution is 7.80. The number of hydrogen-bond acceptors (Lipinski definition) is 8. The number of phenolic OH excluding ortho intramolecular Hbond substituents is 1. The van der Waals surface area contributed by atoms with E-state index in [2.05, 4.69) is 28.0 Å². The van der Waals surface area contributed by atoms with Gasteiger partial charge in [-0.2, -0.15) is 12.6 Å². The van der Waals surface area contributed by atoms with Gasteiger partial charge >= 0.3 is 12.1 Å². The van der Waals surface area contributed by atoms with Crippen molar-refractivity contribution in [1.29, 1.82) is 0 Å². The zero-order valence-electron chi connectivity index (χ0n) is 21.4. The van der Waals surface area contributed by atoms with Crippen LogP contribution in [0.4, 0.5) is 4.79 Å². The number of carbonyl (C=O) groups excluding carboxylic acids is 4. The monoisotopic (exact) mass is 511 g/mol. The van der Waals surface area contributed by atoms with Gasteiger partial charge in [0.05, 0.1) is 7.11 Å². The van der Waals surface area contributed by atoms with E-state index in [1.165, 1.54) is 24.1 Å². The molecule has 11 heteroatoms. The van der Waals surface area contributed by atoms with E-state index in [-0.39, 0.29) is 11.5 Å². The molecular weight excluding hydrogens is 474 g/mol. The molecule has 0 aromatic heterocycles. The smallest absolute Gasteiger partial charge is 0.408 e. The standard InChI is InChI=1S/C24H37N3O7S/c1-8-24(5,6)27(21(31)17(14-35)26-22(32)34-23(2,3)4)19(15-10-9-11-16(28)12-15)20(30)25-13-18(29)33-7/h9-12,17,19,28,35H,8,13-14H2,1-7H3,(H,25,30)(H,26,32). The van der Waals surface area contributed by atoms with Crippen molar-refractivity contribution in [3.8, 4) is 5.75 Å². The molecule has 0 bridgehead atoms. The number of rotatable bonds is 10. The molecule has 196 valence electrons. The fourth-order valence-corrected chi connectivity index (χ4v) is 3.44. The number of esters is 1. The van der Waals surface area contributed by atoms with Crippen LogP contribution in [0.3, 0.4) is 0 Å². The number of thiol groups is 1. The number of alkyl carbamates (subject to hydrolysis) is 1. The Bertz CT molecular complexity index is 915. The van der Waals surface area contributed by atoms with Crippen LogP contribution in [-0.2, 0) is 23.9 Å². The average Bonchev–Trinajstić information content (AvgIpc) is 2.77. The van der Waals surface area contributed by atoms with Crippen LogP contribution < -0.4 is 10.6 Å². The van der Waals surface area contributed by atoms with Crippen LogP contribution in [0.2, 0.25) is 0 Å². The first-order valence-electron chi connectivity index (χ1n) is 11.2. The number of methoxy groups -OCH3 is 1. The molecule has 0 fully saturated rings. The molecule has 35 heavy (non-hydrogen) atoms. The Hall–Kier alpha value is -2.95. The van der Waals surface area contributed by atoms with Gasteiger partial charge in [-0.1, -0.05) is 19.1 Å². The summed E-state index contributed by atoms with van der Waals surface area (Å²) in [4.78, 5) is 52.6. The van der Waals surface area contributed by atoms with Gasteiger partial charge in [0.2, 0.25) is 11.8 Å². The molecule has 1 rings (SSSR count). The zero-order chi connectivity index (χ0) is 27.0. The van der Waals surface area contributed by atoms with Gasteiger partial charge in [0.15, 0.2) is 0 Å². The number of aromatic hydroxyl groups is 1. The Labute approximate surface area is 212 Å². The Morgan fingerprint density at radius 1 is 1.14 bits per heavy atom. The summed E-state index contributed by atoms with van der Waals surface area (Å²) in [5.74, 6) is -2.08. The Kier molecular flexibility index (Phi) is 10.9. The Morgan fingerprint density at radius 2 is 1.77 bits per heavy atom. The molecule has 0 aliphatic rings. The van der Waals surface area contributed by atoms with Crippen molar-refractivity contribution in [2.24, 2.45) is 0 Å². The first-order valence-corrected chi connectivity index (χ1v) is 11.9.